The Bertz CT molecular complexity index is 386. The number of hydrogen-bond acceptors (Lipinski definition) is 3. The number of aromatic hydroxyl groups is 1. The van der Waals surface area contributed by atoms with Crippen LogP contribution in [0.3, 0.4) is 0 Å². The lowest BCUT2D eigenvalue weighted by Gasteiger charge is -2.07. The van der Waals surface area contributed by atoms with Crippen LogP contribution in [0.2, 0.25) is 0 Å². The standard InChI is InChI=1S/C11H14N2O2/c12-9-3-4-10(14)8(5-9)6-13-11(15)7-1-2-7/h3-5,7,14H,1-2,6,12H2,(H,13,15). The zero-order valence-electron chi connectivity index (χ0n) is 8.36. The zero-order valence-corrected chi connectivity index (χ0v) is 8.36. The number of hydrogen-bond donors (Lipinski definition) is 3. The third-order valence-corrected chi connectivity index (χ3v) is 2.50. The van der Waals surface area contributed by atoms with Crippen molar-refractivity contribution in [1.82, 2.24) is 5.32 Å². The molecule has 2 rings (SSSR count). The van der Waals surface area contributed by atoms with Crippen molar-refractivity contribution in [3.8, 4) is 5.75 Å². The number of phenols is 1. The van der Waals surface area contributed by atoms with Crippen molar-refractivity contribution in [1.29, 1.82) is 0 Å². The van der Waals surface area contributed by atoms with E-state index in [1.807, 2.05) is 0 Å². The van der Waals surface area contributed by atoms with Crippen LogP contribution >= 0.6 is 0 Å². The molecule has 0 spiro atoms. The summed E-state index contributed by atoms with van der Waals surface area (Å²) in [5.41, 5.74) is 6.83. The van der Waals surface area contributed by atoms with E-state index in [0.717, 1.165) is 12.8 Å². The van der Waals surface area contributed by atoms with Crippen molar-refractivity contribution in [2.24, 2.45) is 5.92 Å². The number of carbonyl (C=O) groups is 1. The first-order valence-corrected chi connectivity index (χ1v) is 5.02. The number of nitrogen functional groups attached to an aromatic ring is 1. The summed E-state index contributed by atoms with van der Waals surface area (Å²) in [6, 6.07) is 4.83. The van der Waals surface area contributed by atoms with E-state index in [1.165, 1.54) is 6.07 Å². The van der Waals surface area contributed by atoms with Gasteiger partial charge >= 0.3 is 0 Å². The summed E-state index contributed by atoms with van der Waals surface area (Å²) in [6.45, 7) is 0.339. The summed E-state index contributed by atoms with van der Waals surface area (Å²) in [4.78, 5) is 11.4. The van der Waals surface area contributed by atoms with Gasteiger partial charge in [0.1, 0.15) is 5.75 Å². The third kappa shape index (κ3) is 2.40. The van der Waals surface area contributed by atoms with Gasteiger partial charge in [0, 0.05) is 23.7 Å². The van der Waals surface area contributed by atoms with Crippen LogP contribution in [0.5, 0.6) is 5.75 Å². The molecule has 1 saturated carbocycles. The van der Waals surface area contributed by atoms with E-state index in [2.05, 4.69) is 5.32 Å². The Kier molecular flexibility index (Phi) is 2.49. The van der Waals surface area contributed by atoms with Gasteiger partial charge < -0.3 is 16.2 Å². The normalized spacial score (nSPS) is 14.9. The minimum absolute atomic E-state index is 0.0665. The minimum atomic E-state index is 0.0665. The van der Waals surface area contributed by atoms with Crippen LogP contribution in [0, 0.1) is 5.92 Å². The highest BCUT2D eigenvalue weighted by atomic mass is 16.3. The second-order valence-corrected chi connectivity index (χ2v) is 3.88. The van der Waals surface area contributed by atoms with Gasteiger partial charge in [-0.2, -0.15) is 0 Å². The van der Waals surface area contributed by atoms with Gasteiger partial charge in [-0.25, -0.2) is 0 Å². The Morgan fingerprint density at radius 2 is 2.27 bits per heavy atom. The van der Waals surface area contributed by atoms with Crippen molar-refractivity contribution in [2.75, 3.05) is 5.73 Å². The molecule has 0 unspecified atom stereocenters. The van der Waals surface area contributed by atoms with E-state index in [-0.39, 0.29) is 17.6 Å². The van der Waals surface area contributed by atoms with Crippen molar-refractivity contribution in [3.63, 3.8) is 0 Å². The van der Waals surface area contributed by atoms with Crippen molar-refractivity contribution >= 4 is 11.6 Å². The van der Waals surface area contributed by atoms with E-state index in [0.29, 0.717) is 17.8 Å². The molecule has 0 aliphatic heterocycles. The topological polar surface area (TPSA) is 75.3 Å². The molecule has 1 aliphatic carbocycles. The summed E-state index contributed by atoms with van der Waals surface area (Å²) in [6.07, 6.45) is 1.96. The molecule has 0 atom stereocenters. The second kappa shape index (κ2) is 3.81. The van der Waals surface area contributed by atoms with Crippen LogP contribution in [-0.2, 0) is 11.3 Å². The Labute approximate surface area is 88.1 Å². The molecule has 0 saturated heterocycles. The van der Waals surface area contributed by atoms with Gasteiger partial charge in [0.25, 0.3) is 0 Å². The highest BCUT2D eigenvalue weighted by molar-refractivity contribution is 5.80. The van der Waals surface area contributed by atoms with Gasteiger partial charge in [0.15, 0.2) is 0 Å². The van der Waals surface area contributed by atoms with Crippen LogP contribution in [0.1, 0.15) is 18.4 Å². The number of rotatable bonds is 3. The number of benzene rings is 1. The minimum Gasteiger partial charge on any atom is -0.508 e. The molecule has 1 aromatic carbocycles. The lowest BCUT2D eigenvalue weighted by molar-refractivity contribution is -0.122. The Morgan fingerprint density at radius 3 is 2.93 bits per heavy atom. The summed E-state index contributed by atoms with van der Waals surface area (Å²) in [5, 5.41) is 12.3. The SMILES string of the molecule is Nc1ccc(O)c(CNC(=O)C2CC2)c1. The van der Waals surface area contributed by atoms with Crippen LogP contribution in [-0.4, -0.2) is 11.0 Å². The molecule has 0 radical (unpaired) electrons. The van der Waals surface area contributed by atoms with Gasteiger partial charge in [-0.1, -0.05) is 0 Å². The summed E-state index contributed by atoms with van der Waals surface area (Å²) in [5.74, 6) is 0.422. The average Bonchev–Trinajstić information content (AvgIpc) is 3.02. The molecular weight excluding hydrogens is 192 g/mol. The lowest BCUT2D eigenvalue weighted by Crippen LogP contribution is -2.24. The quantitative estimate of drug-likeness (QED) is 0.510. The second-order valence-electron chi connectivity index (χ2n) is 3.88. The molecule has 0 bridgehead atoms. The zero-order chi connectivity index (χ0) is 10.8. The van der Waals surface area contributed by atoms with E-state index >= 15 is 0 Å². The first-order valence-electron chi connectivity index (χ1n) is 5.02. The number of nitrogens with two attached hydrogens (primary N) is 1. The number of phenolic OH excluding ortho intramolecular Hbond substituents is 1. The molecule has 1 aliphatic rings. The summed E-state index contributed by atoms with van der Waals surface area (Å²) < 4.78 is 0. The fraction of sp³-hybridized carbons (Fsp3) is 0.364. The molecule has 0 aromatic heterocycles. The van der Waals surface area contributed by atoms with Gasteiger partial charge in [-0.3, -0.25) is 4.79 Å². The maximum Gasteiger partial charge on any atom is 0.223 e. The molecule has 1 aromatic rings. The maximum atomic E-state index is 11.4. The van der Waals surface area contributed by atoms with Gasteiger partial charge in [0.2, 0.25) is 5.91 Å². The van der Waals surface area contributed by atoms with Crippen LogP contribution < -0.4 is 11.1 Å². The summed E-state index contributed by atoms with van der Waals surface area (Å²) >= 11 is 0. The molecule has 4 nitrogen and oxygen atoms in total. The third-order valence-electron chi connectivity index (χ3n) is 2.50. The van der Waals surface area contributed by atoms with E-state index < -0.39 is 0 Å². The molecule has 15 heavy (non-hydrogen) atoms. The van der Waals surface area contributed by atoms with Crippen LogP contribution in [0.4, 0.5) is 5.69 Å². The van der Waals surface area contributed by atoms with Crippen molar-refractivity contribution < 1.29 is 9.90 Å². The first-order chi connectivity index (χ1) is 7.16. The Hall–Kier alpha value is -1.71. The highest BCUT2D eigenvalue weighted by Crippen LogP contribution is 2.29. The molecule has 4 heteroatoms. The molecule has 1 amide bonds. The number of anilines is 1. The molecule has 4 N–H and O–H groups in total. The van der Waals surface area contributed by atoms with Crippen LogP contribution in [0.15, 0.2) is 18.2 Å². The van der Waals surface area contributed by atoms with Crippen LogP contribution in [0.25, 0.3) is 0 Å². The Morgan fingerprint density at radius 1 is 1.53 bits per heavy atom. The highest BCUT2D eigenvalue weighted by Gasteiger charge is 2.29. The molecule has 1 fully saturated rings. The number of nitrogens with one attached hydrogen (secondary N) is 1. The van der Waals surface area contributed by atoms with Gasteiger partial charge in [0.05, 0.1) is 0 Å². The Balaban J connectivity index is 1.97. The monoisotopic (exact) mass is 206 g/mol. The predicted octanol–water partition coefficient (Wildman–Crippen LogP) is 1.00. The first kappa shape index (κ1) is 9.83. The van der Waals surface area contributed by atoms with Gasteiger partial charge in [-0.15, -0.1) is 0 Å². The van der Waals surface area contributed by atoms with Crippen molar-refractivity contribution in [3.05, 3.63) is 23.8 Å². The molecule has 0 heterocycles. The molecular formula is C11H14N2O2. The molecule has 80 valence electrons. The van der Waals surface area contributed by atoms with Crippen molar-refractivity contribution in [2.45, 2.75) is 19.4 Å². The average molecular weight is 206 g/mol. The smallest absolute Gasteiger partial charge is 0.223 e. The van der Waals surface area contributed by atoms with E-state index in [4.69, 9.17) is 5.73 Å². The maximum absolute atomic E-state index is 11.4. The van der Waals surface area contributed by atoms with E-state index in [1.54, 1.807) is 12.1 Å². The van der Waals surface area contributed by atoms with E-state index in [9.17, 15) is 9.90 Å². The lowest BCUT2D eigenvalue weighted by atomic mass is 10.1. The predicted molar refractivity (Wildman–Crippen MR) is 57.1 cm³/mol. The largest absolute Gasteiger partial charge is 0.508 e. The summed E-state index contributed by atoms with van der Waals surface area (Å²) in [7, 11) is 0. The fourth-order valence-electron chi connectivity index (χ4n) is 1.42. The van der Waals surface area contributed by atoms with Gasteiger partial charge in [-0.05, 0) is 31.0 Å². The number of amides is 1. The fourth-order valence-corrected chi connectivity index (χ4v) is 1.42. The number of carbonyl (C=O) groups excluding carboxylic acids is 1.